The van der Waals surface area contributed by atoms with Crippen LogP contribution in [0.1, 0.15) is 73.5 Å². The van der Waals surface area contributed by atoms with Gasteiger partial charge < -0.3 is 9.97 Å². The van der Waals surface area contributed by atoms with Crippen LogP contribution in [0.4, 0.5) is 0 Å². The number of aromatic nitrogens is 2. The van der Waals surface area contributed by atoms with Crippen molar-refractivity contribution in [3.63, 3.8) is 0 Å². The Morgan fingerprint density at radius 2 is 1.17 bits per heavy atom. The predicted molar refractivity (Wildman–Crippen MR) is 179 cm³/mol. The number of rotatable bonds is 11. The number of fused-ring (bicyclic) bond motifs is 2. The van der Waals surface area contributed by atoms with Gasteiger partial charge in [0.25, 0.3) is 0 Å². The molecule has 0 aliphatic rings. The summed E-state index contributed by atoms with van der Waals surface area (Å²) in [6.45, 7) is 6.06. The summed E-state index contributed by atoms with van der Waals surface area (Å²) in [7, 11) is 0. The minimum atomic E-state index is 0.149. The van der Waals surface area contributed by atoms with E-state index >= 15 is 0 Å². The number of H-pyrrole nitrogens is 2. The standard InChI is InChI=1S/C19H19NO.C19H25NO/c1-14-17(13-7-10-15-8-3-2-4-9-15)20-18-12-6-5-11-16(18)19(14)21;1-3-4-5-6-7-8-9-13-17-15(2)19(21)16-12-10-11-14-18(16)20-17/h2-6,8-9,11-12H,7,10,13H2,1H3,(H,20,21);8-12,14H,3-7,13H2,1-2H3,(H,20,21)/b;9-8+. The van der Waals surface area contributed by atoms with Crippen LogP contribution in [0.3, 0.4) is 0 Å². The first-order valence-electron chi connectivity index (χ1n) is 15.4. The van der Waals surface area contributed by atoms with Gasteiger partial charge in [0.1, 0.15) is 0 Å². The molecule has 0 unspecified atom stereocenters. The van der Waals surface area contributed by atoms with Crippen LogP contribution in [-0.4, -0.2) is 9.97 Å². The van der Waals surface area contributed by atoms with Crippen molar-refractivity contribution in [2.75, 3.05) is 0 Å². The first-order valence-corrected chi connectivity index (χ1v) is 15.4. The van der Waals surface area contributed by atoms with Gasteiger partial charge in [-0.05, 0) is 75.8 Å². The Bertz CT molecular complexity index is 1730. The van der Waals surface area contributed by atoms with Crippen molar-refractivity contribution in [3.8, 4) is 0 Å². The lowest BCUT2D eigenvalue weighted by molar-refractivity contribution is 0.674. The molecule has 0 aliphatic carbocycles. The molecule has 0 saturated heterocycles. The molecule has 0 saturated carbocycles. The van der Waals surface area contributed by atoms with Gasteiger partial charge in [-0.1, -0.05) is 92.9 Å². The fourth-order valence-corrected chi connectivity index (χ4v) is 5.35. The third-order valence-electron chi connectivity index (χ3n) is 7.95. The maximum Gasteiger partial charge on any atom is 0.192 e. The molecule has 42 heavy (non-hydrogen) atoms. The molecule has 0 radical (unpaired) electrons. The molecule has 5 aromatic rings. The van der Waals surface area contributed by atoms with Crippen LogP contribution < -0.4 is 10.9 Å². The SMILES string of the molecule is CCCCCC/C=C/Cc1[nH]c2ccccc2c(=O)c1C.Cc1c(CCCc2ccccc2)[nH]c2ccccc2c1=O. The molecule has 2 aromatic heterocycles. The minimum Gasteiger partial charge on any atom is -0.358 e. The highest BCUT2D eigenvalue weighted by Gasteiger charge is 2.08. The third-order valence-corrected chi connectivity index (χ3v) is 7.95. The summed E-state index contributed by atoms with van der Waals surface area (Å²) >= 11 is 0. The summed E-state index contributed by atoms with van der Waals surface area (Å²) in [5.41, 5.74) is 7.29. The van der Waals surface area contributed by atoms with Crippen molar-refractivity contribution in [2.45, 2.75) is 78.6 Å². The Kier molecular flexibility index (Phi) is 11.5. The highest BCUT2D eigenvalue weighted by molar-refractivity contribution is 5.80. The number of aryl methyl sites for hydroxylation is 2. The van der Waals surface area contributed by atoms with E-state index in [9.17, 15) is 9.59 Å². The number of para-hydroxylation sites is 2. The summed E-state index contributed by atoms with van der Waals surface area (Å²) in [6, 6.07) is 25.9. The lowest BCUT2D eigenvalue weighted by atomic mass is 10.0. The van der Waals surface area contributed by atoms with E-state index in [1.165, 1.54) is 31.2 Å². The number of aromatic amines is 2. The molecular weight excluding hydrogens is 516 g/mol. The number of hydrogen-bond acceptors (Lipinski definition) is 2. The molecule has 2 heterocycles. The summed E-state index contributed by atoms with van der Waals surface area (Å²) in [4.78, 5) is 31.5. The van der Waals surface area contributed by atoms with Crippen molar-refractivity contribution in [2.24, 2.45) is 0 Å². The van der Waals surface area contributed by atoms with Crippen molar-refractivity contribution >= 4 is 21.8 Å². The maximum atomic E-state index is 12.4. The summed E-state index contributed by atoms with van der Waals surface area (Å²) in [5, 5.41) is 1.56. The molecule has 0 atom stereocenters. The van der Waals surface area contributed by atoms with Gasteiger partial charge >= 0.3 is 0 Å². The first-order chi connectivity index (χ1) is 20.5. The lowest BCUT2D eigenvalue weighted by Gasteiger charge is -2.08. The van der Waals surface area contributed by atoms with Gasteiger partial charge in [0.2, 0.25) is 0 Å². The van der Waals surface area contributed by atoms with Gasteiger partial charge in [0.05, 0.1) is 0 Å². The van der Waals surface area contributed by atoms with Gasteiger partial charge in [-0.2, -0.15) is 0 Å². The zero-order valence-corrected chi connectivity index (χ0v) is 25.3. The molecule has 0 amide bonds. The van der Waals surface area contributed by atoms with Gasteiger partial charge in [-0.25, -0.2) is 0 Å². The number of hydrogen-bond donors (Lipinski definition) is 2. The molecule has 4 heteroatoms. The molecule has 0 aliphatic heterocycles. The Labute approximate surface area is 249 Å². The second kappa shape index (κ2) is 15.7. The zero-order valence-electron chi connectivity index (χ0n) is 25.3. The van der Waals surface area contributed by atoms with Gasteiger partial charge in [-0.15, -0.1) is 0 Å². The van der Waals surface area contributed by atoms with Crippen LogP contribution in [0.5, 0.6) is 0 Å². The van der Waals surface area contributed by atoms with E-state index in [2.05, 4.69) is 53.3 Å². The number of nitrogens with one attached hydrogen (secondary N) is 2. The van der Waals surface area contributed by atoms with Crippen molar-refractivity contribution in [3.05, 3.63) is 140 Å². The average molecular weight is 561 g/mol. The molecule has 0 fully saturated rings. The highest BCUT2D eigenvalue weighted by Crippen LogP contribution is 2.14. The summed E-state index contributed by atoms with van der Waals surface area (Å²) in [5.74, 6) is 0. The van der Waals surface area contributed by atoms with E-state index in [4.69, 9.17) is 0 Å². The van der Waals surface area contributed by atoms with E-state index in [1.54, 1.807) is 0 Å². The Balaban J connectivity index is 0.000000193. The van der Waals surface area contributed by atoms with E-state index in [0.29, 0.717) is 0 Å². The topological polar surface area (TPSA) is 65.7 Å². The van der Waals surface area contributed by atoms with Crippen molar-refractivity contribution in [1.82, 2.24) is 9.97 Å². The van der Waals surface area contributed by atoms with E-state index < -0.39 is 0 Å². The Morgan fingerprint density at radius 1 is 0.595 bits per heavy atom. The van der Waals surface area contributed by atoms with E-state index in [0.717, 1.165) is 76.4 Å². The fourth-order valence-electron chi connectivity index (χ4n) is 5.35. The fraction of sp³-hybridized carbons (Fsp3) is 0.316. The number of unbranched alkanes of at least 4 members (excludes halogenated alkanes) is 4. The largest absolute Gasteiger partial charge is 0.358 e. The molecule has 2 N–H and O–H groups in total. The number of allylic oxidation sites excluding steroid dienone is 2. The molecule has 5 rings (SSSR count). The third kappa shape index (κ3) is 8.19. The van der Waals surface area contributed by atoms with Crippen LogP contribution in [-0.2, 0) is 19.3 Å². The van der Waals surface area contributed by atoms with Gasteiger partial charge in [0.15, 0.2) is 10.9 Å². The minimum absolute atomic E-state index is 0.149. The highest BCUT2D eigenvalue weighted by atomic mass is 16.1. The molecule has 218 valence electrons. The van der Waals surface area contributed by atoms with Gasteiger partial charge in [-0.3, -0.25) is 9.59 Å². The number of benzene rings is 3. The van der Waals surface area contributed by atoms with Gasteiger partial charge in [0, 0.05) is 50.7 Å². The summed E-state index contributed by atoms with van der Waals surface area (Å²) < 4.78 is 0. The molecule has 0 spiro atoms. The second-order valence-corrected chi connectivity index (χ2v) is 11.1. The molecule has 4 nitrogen and oxygen atoms in total. The van der Waals surface area contributed by atoms with Crippen LogP contribution in [0.2, 0.25) is 0 Å². The average Bonchev–Trinajstić information content (AvgIpc) is 3.02. The molecular formula is C38H44N2O2. The van der Waals surface area contributed by atoms with Crippen LogP contribution in [0.25, 0.3) is 21.8 Å². The van der Waals surface area contributed by atoms with Crippen molar-refractivity contribution < 1.29 is 0 Å². The van der Waals surface area contributed by atoms with E-state index in [-0.39, 0.29) is 10.9 Å². The molecule has 3 aromatic carbocycles. The Morgan fingerprint density at radius 3 is 1.81 bits per heavy atom. The number of pyridine rings is 2. The van der Waals surface area contributed by atoms with Crippen molar-refractivity contribution in [1.29, 1.82) is 0 Å². The summed E-state index contributed by atoms with van der Waals surface area (Å²) in [6.07, 6.45) is 14.5. The monoisotopic (exact) mass is 560 g/mol. The second-order valence-electron chi connectivity index (χ2n) is 11.1. The van der Waals surface area contributed by atoms with Crippen LogP contribution in [0, 0.1) is 13.8 Å². The molecule has 0 bridgehead atoms. The Hall–Kier alpha value is -4.18. The van der Waals surface area contributed by atoms with E-state index in [1.807, 2.05) is 68.4 Å². The lowest BCUT2D eigenvalue weighted by Crippen LogP contribution is -2.11. The zero-order chi connectivity index (χ0) is 29.7. The normalized spacial score (nSPS) is 11.2. The maximum absolute atomic E-state index is 12.4. The predicted octanol–water partition coefficient (Wildman–Crippen LogP) is 8.92. The van der Waals surface area contributed by atoms with Crippen LogP contribution >= 0.6 is 0 Å². The smallest absolute Gasteiger partial charge is 0.192 e. The first kappa shape index (κ1) is 30.8. The quantitative estimate of drug-likeness (QED) is 0.125. The van der Waals surface area contributed by atoms with Crippen LogP contribution in [0.15, 0.2) is 101 Å².